The Balaban J connectivity index is 2.68. The summed E-state index contributed by atoms with van der Waals surface area (Å²) < 4.78 is 38.1. The van der Waals surface area contributed by atoms with Gasteiger partial charge in [-0.05, 0) is 47.0 Å². The van der Waals surface area contributed by atoms with E-state index in [2.05, 4.69) is 31.9 Å². The molecule has 0 aliphatic carbocycles. The lowest BCUT2D eigenvalue weighted by molar-refractivity contribution is -0.137. The van der Waals surface area contributed by atoms with E-state index in [9.17, 15) is 13.2 Å². The van der Waals surface area contributed by atoms with Gasteiger partial charge in [-0.2, -0.15) is 13.2 Å². The fourth-order valence-corrected chi connectivity index (χ4v) is 2.81. The van der Waals surface area contributed by atoms with E-state index in [1.807, 2.05) is 11.9 Å². The Labute approximate surface area is 128 Å². The van der Waals surface area contributed by atoms with E-state index in [0.29, 0.717) is 4.47 Å². The maximum atomic E-state index is 12.5. The molecule has 1 aromatic carbocycles. The van der Waals surface area contributed by atoms with Crippen LogP contribution in [0.2, 0.25) is 0 Å². The Kier molecular flexibility index (Phi) is 6.66. The highest BCUT2D eigenvalue weighted by atomic mass is 79.9. The maximum absolute atomic E-state index is 12.5. The van der Waals surface area contributed by atoms with E-state index in [-0.39, 0.29) is 0 Å². The van der Waals surface area contributed by atoms with Crippen molar-refractivity contribution in [2.45, 2.75) is 25.4 Å². The van der Waals surface area contributed by atoms with Crippen molar-refractivity contribution in [3.05, 3.63) is 28.2 Å². The lowest BCUT2D eigenvalue weighted by Gasteiger charge is -2.21. The van der Waals surface area contributed by atoms with Crippen LogP contribution in [-0.4, -0.2) is 18.9 Å². The predicted octanol–water partition coefficient (Wildman–Crippen LogP) is 5.47. The summed E-state index contributed by atoms with van der Waals surface area (Å²) in [5, 5.41) is 0.987. The van der Waals surface area contributed by atoms with Gasteiger partial charge in [0.05, 0.1) is 11.3 Å². The number of hydrogen-bond donors (Lipinski definition) is 0. The highest BCUT2D eigenvalue weighted by molar-refractivity contribution is 9.10. The molecule has 0 heterocycles. The molecule has 1 rings (SSSR count). The van der Waals surface area contributed by atoms with Crippen LogP contribution in [0.25, 0.3) is 0 Å². The molecule has 0 N–H and O–H groups in total. The van der Waals surface area contributed by atoms with Crippen LogP contribution in [0.4, 0.5) is 18.9 Å². The molecule has 1 nitrogen and oxygen atoms in total. The van der Waals surface area contributed by atoms with E-state index < -0.39 is 11.7 Å². The van der Waals surface area contributed by atoms with Crippen molar-refractivity contribution in [3.63, 3.8) is 0 Å². The number of halogens is 5. The molecule has 0 aliphatic rings. The second-order valence-electron chi connectivity index (χ2n) is 4.34. The molecule has 0 aliphatic heterocycles. The number of nitrogens with zero attached hydrogens (tertiary/aromatic N) is 1. The number of benzene rings is 1. The van der Waals surface area contributed by atoms with E-state index in [4.69, 9.17) is 0 Å². The van der Waals surface area contributed by atoms with Crippen LogP contribution in [0, 0.1) is 0 Å². The minimum atomic E-state index is -4.30. The van der Waals surface area contributed by atoms with Gasteiger partial charge >= 0.3 is 6.18 Å². The largest absolute Gasteiger partial charge is 0.416 e. The zero-order valence-corrected chi connectivity index (χ0v) is 13.8. The Bertz CT molecular complexity index is 407. The summed E-state index contributed by atoms with van der Waals surface area (Å²) in [6, 6.07) is 3.76. The maximum Gasteiger partial charge on any atom is 0.416 e. The first-order chi connectivity index (χ1) is 8.86. The number of alkyl halides is 4. The summed E-state index contributed by atoms with van der Waals surface area (Å²) in [6.45, 7) is 0.830. The first kappa shape index (κ1) is 16.8. The smallest absolute Gasteiger partial charge is 0.374 e. The minimum Gasteiger partial charge on any atom is -0.374 e. The van der Waals surface area contributed by atoms with E-state index in [1.165, 1.54) is 6.07 Å². The normalized spacial score (nSPS) is 11.7. The highest BCUT2D eigenvalue weighted by Crippen LogP contribution is 2.35. The summed E-state index contributed by atoms with van der Waals surface area (Å²) in [4.78, 5) is 1.97. The van der Waals surface area contributed by atoms with Crippen molar-refractivity contribution in [2.24, 2.45) is 0 Å². The summed E-state index contributed by atoms with van der Waals surface area (Å²) in [7, 11) is 1.89. The highest BCUT2D eigenvalue weighted by Gasteiger charge is 2.30. The van der Waals surface area contributed by atoms with Gasteiger partial charge in [0, 0.05) is 23.4 Å². The van der Waals surface area contributed by atoms with Crippen LogP contribution in [0.3, 0.4) is 0 Å². The Morgan fingerprint density at radius 1 is 1.16 bits per heavy atom. The topological polar surface area (TPSA) is 3.24 Å². The number of anilines is 1. The molecule has 0 spiro atoms. The van der Waals surface area contributed by atoms with Crippen molar-refractivity contribution in [3.8, 4) is 0 Å². The first-order valence-corrected chi connectivity index (χ1v) is 7.91. The standard InChI is InChI=1S/C13H16Br2F3N/c1-19(8-4-2-3-7-14)12-6-5-10(9-11(12)15)13(16,17)18/h5-6,9H,2-4,7-8H2,1H3. The van der Waals surface area contributed by atoms with Crippen molar-refractivity contribution in [1.82, 2.24) is 0 Å². The van der Waals surface area contributed by atoms with Crippen LogP contribution < -0.4 is 4.90 Å². The third-order valence-corrected chi connectivity index (χ3v) is 4.01. The third kappa shape index (κ3) is 5.34. The van der Waals surface area contributed by atoms with Gasteiger partial charge in [-0.3, -0.25) is 0 Å². The van der Waals surface area contributed by atoms with Gasteiger partial charge in [0.25, 0.3) is 0 Å². The van der Waals surface area contributed by atoms with Gasteiger partial charge in [-0.1, -0.05) is 22.4 Å². The van der Waals surface area contributed by atoms with Crippen LogP contribution in [0.5, 0.6) is 0 Å². The molecule has 0 fully saturated rings. The zero-order chi connectivity index (χ0) is 14.5. The number of rotatable bonds is 6. The van der Waals surface area contributed by atoms with Crippen LogP contribution >= 0.6 is 31.9 Å². The fraction of sp³-hybridized carbons (Fsp3) is 0.538. The average molecular weight is 403 g/mol. The molecule has 0 saturated carbocycles. The van der Waals surface area contributed by atoms with E-state index >= 15 is 0 Å². The SMILES string of the molecule is CN(CCCCCBr)c1ccc(C(F)(F)F)cc1Br. The molecule has 0 atom stereocenters. The molecule has 0 unspecified atom stereocenters. The fourth-order valence-electron chi connectivity index (χ4n) is 1.73. The summed E-state index contributed by atoms with van der Waals surface area (Å²) in [6.07, 6.45) is -1.05. The molecule has 19 heavy (non-hydrogen) atoms. The predicted molar refractivity (Wildman–Crippen MR) is 80.1 cm³/mol. The van der Waals surface area contributed by atoms with Crippen LogP contribution in [-0.2, 0) is 6.18 Å². The van der Waals surface area contributed by atoms with Crippen molar-refractivity contribution in [2.75, 3.05) is 23.8 Å². The van der Waals surface area contributed by atoms with Gasteiger partial charge < -0.3 is 4.90 Å². The molecular formula is C13H16Br2F3N. The lowest BCUT2D eigenvalue weighted by atomic mass is 10.2. The zero-order valence-electron chi connectivity index (χ0n) is 10.6. The monoisotopic (exact) mass is 401 g/mol. The van der Waals surface area contributed by atoms with Crippen LogP contribution in [0.15, 0.2) is 22.7 Å². The van der Waals surface area contributed by atoms with Gasteiger partial charge in [0.2, 0.25) is 0 Å². The van der Waals surface area contributed by atoms with Crippen LogP contribution in [0.1, 0.15) is 24.8 Å². The number of unbranched alkanes of at least 4 members (excludes halogenated alkanes) is 2. The molecule has 1 aromatic rings. The summed E-state index contributed by atoms with van der Waals surface area (Å²) in [5.41, 5.74) is 0.155. The average Bonchev–Trinajstić information content (AvgIpc) is 2.33. The molecule has 0 bridgehead atoms. The number of hydrogen-bond acceptors (Lipinski definition) is 1. The molecule has 0 saturated heterocycles. The second-order valence-corrected chi connectivity index (χ2v) is 5.98. The molecule has 0 radical (unpaired) electrons. The van der Waals surface area contributed by atoms with Gasteiger partial charge in [-0.15, -0.1) is 0 Å². The quantitative estimate of drug-likeness (QED) is 0.450. The Morgan fingerprint density at radius 3 is 2.37 bits per heavy atom. The Hall–Kier alpha value is -0.230. The second kappa shape index (κ2) is 7.53. The third-order valence-electron chi connectivity index (χ3n) is 2.81. The summed E-state index contributed by atoms with van der Waals surface area (Å²) in [5.74, 6) is 0. The lowest BCUT2D eigenvalue weighted by Crippen LogP contribution is -2.19. The van der Waals surface area contributed by atoms with Gasteiger partial charge in [-0.25, -0.2) is 0 Å². The molecular weight excluding hydrogens is 387 g/mol. The van der Waals surface area contributed by atoms with Gasteiger partial charge in [0.15, 0.2) is 0 Å². The minimum absolute atomic E-state index is 0.477. The molecule has 0 aromatic heterocycles. The molecule has 108 valence electrons. The van der Waals surface area contributed by atoms with Crippen molar-refractivity contribution in [1.29, 1.82) is 0 Å². The van der Waals surface area contributed by atoms with Gasteiger partial charge in [0.1, 0.15) is 0 Å². The molecule has 6 heteroatoms. The van der Waals surface area contributed by atoms with Crippen molar-refractivity contribution < 1.29 is 13.2 Å². The van der Waals surface area contributed by atoms with Crippen molar-refractivity contribution >= 4 is 37.5 Å². The van der Waals surface area contributed by atoms with E-state index in [1.54, 1.807) is 0 Å². The Morgan fingerprint density at radius 2 is 1.84 bits per heavy atom. The first-order valence-electron chi connectivity index (χ1n) is 6.00. The summed E-state index contributed by atoms with van der Waals surface area (Å²) >= 11 is 6.59. The molecule has 0 amide bonds. The van der Waals surface area contributed by atoms with E-state index in [0.717, 1.165) is 49.0 Å².